The molecule has 1 unspecified atom stereocenters. The van der Waals surface area contributed by atoms with Gasteiger partial charge in [0.05, 0.1) is 45.2 Å². The molecule has 172 valence electrons. The van der Waals surface area contributed by atoms with Gasteiger partial charge in [0.2, 0.25) is 5.75 Å². The third-order valence-corrected chi connectivity index (χ3v) is 6.02. The van der Waals surface area contributed by atoms with Crippen molar-refractivity contribution in [3.05, 3.63) is 17.7 Å². The van der Waals surface area contributed by atoms with E-state index >= 15 is 0 Å². The number of ether oxygens (including phenoxy) is 5. The van der Waals surface area contributed by atoms with Gasteiger partial charge in [-0.1, -0.05) is 0 Å². The SMILES string of the molecule is COc1ccc(C(=O)NC[C@@H]2CCN(CCC3OCCO3)CC2O)c2c1OCCCO2. The Balaban J connectivity index is 1.30. The van der Waals surface area contributed by atoms with Crippen LogP contribution in [0.15, 0.2) is 12.1 Å². The fraction of sp³-hybridized carbons (Fsp3) is 0.682. The summed E-state index contributed by atoms with van der Waals surface area (Å²) in [4.78, 5) is 15.1. The summed E-state index contributed by atoms with van der Waals surface area (Å²) in [5.74, 6) is 1.20. The maximum absolute atomic E-state index is 12.9. The topological polar surface area (TPSA) is 98.7 Å². The van der Waals surface area contributed by atoms with Gasteiger partial charge in [-0.15, -0.1) is 0 Å². The predicted octanol–water partition coefficient (Wildman–Crippen LogP) is 1.03. The number of methoxy groups -OCH3 is 1. The Bertz CT molecular complexity index is 754. The summed E-state index contributed by atoms with van der Waals surface area (Å²) in [5, 5.41) is 13.6. The Labute approximate surface area is 182 Å². The first-order valence-electron chi connectivity index (χ1n) is 11.0. The summed E-state index contributed by atoms with van der Waals surface area (Å²) >= 11 is 0. The van der Waals surface area contributed by atoms with Gasteiger partial charge in [-0.05, 0) is 25.1 Å². The Morgan fingerprint density at radius 1 is 1.19 bits per heavy atom. The second-order valence-electron chi connectivity index (χ2n) is 8.11. The molecular weight excluding hydrogens is 404 g/mol. The van der Waals surface area contributed by atoms with Crippen molar-refractivity contribution >= 4 is 5.91 Å². The van der Waals surface area contributed by atoms with Gasteiger partial charge in [0, 0.05) is 38.4 Å². The Morgan fingerprint density at radius 2 is 1.97 bits per heavy atom. The maximum atomic E-state index is 12.9. The quantitative estimate of drug-likeness (QED) is 0.654. The van der Waals surface area contributed by atoms with E-state index in [1.165, 1.54) is 0 Å². The number of carbonyl (C=O) groups is 1. The largest absolute Gasteiger partial charge is 0.493 e. The summed E-state index contributed by atoms with van der Waals surface area (Å²) in [7, 11) is 1.56. The molecule has 0 saturated carbocycles. The first-order valence-corrected chi connectivity index (χ1v) is 11.0. The molecule has 4 rings (SSSR count). The summed E-state index contributed by atoms with van der Waals surface area (Å²) in [6, 6.07) is 3.40. The van der Waals surface area contributed by atoms with Gasteiger partial charge >= 0.3 is 0 Å². The van der Waals surface area contributed by atoms with Crippen LogP contribution in [0.4, 0.5) is 0 Å². The molecule has 9 heteroatoms. The van der Waals surface area contributed by atoms with Gasteiger partial charge in [-0.3, -0.25) is 4.79 Å². The van der Waals surface area contributed by atoms with E-state index in [1.54, 1.807) is 19.2 Å². The van der Waals surface area contributed by atoms with Crippen LogP contribution in [-0.4, -0.2) is 88.0 Å². The van der Waals surface area contributed by atoms with Crippen LogP contribution in [0.25, 0.3) is 0 Å². The van der Waals surface area contributed by atoms with Crippen LogP contribution >= 0.6 is 0 Å². The molecular formula is C22H32N2O7. The van der Waals surface area contributed by atoms with Crippen LogP contribution < -0.4 is 19.5 Å². The minimum atomic E-state index is -0.493. The monoisotopic (exact) mass is 436 g/mol. The van der Waals surface area contributed by atoms with Crippen LogP contribution in [0.5, 0.6) is 17.2 Å². The van der Waals surface area contributed by atoms with Crippen LogP contribution in [0.1, 0.15) is 29.6 Å². The number of nitrogens with zero attached hydrogens (tertiary/aromatic N) is 1. The van der Waals surface area contributed by atoms with E-state index in [0.717, 1.165) is 32.4 Å². The average molecular weight is 437 g/mol. The van der Waals surface area contributed by atoms with Gasteiger partial charge in [0.25, 0.3) is 5.91 Å². The van der Waals surface area contributed by atoms with Crippen LogP contribution in [0.2, 0.25) is 0 Å². The molecule has 0 bridgehead atoms. The van der Waals surface area contributed by atoms with Crippen molar-refractivity contribution in [2.75, 3.05) is 59.7 Å². The zero-order valence-corrected chi connectivity index (χ0v) is 18.0. The third kappa shape index (κ3) is 5.41. The number of β-amino-alcohol motifs (C(OH)–C–C–N with tert-alkyl or cyclic N) is 1. The van der Waals surface area contributed by atoms with E-state index in [2.05, 4.69) is 10.2 Å². The number of benzene rings is 1. The average Bonchev–Trinajstić information content (AvgIpc) is 3.18. The molecule has 2 fully saturated rings. The van der Waals surface area contributed by atoms with Crippen molar-refractivity contribution in [2.45, 2.75) is 31.7 Å². The molecule has 1 amide bonds. The van der Waals surface area contributed by atoms with Crippen LogP contribution in [0.3, 0.4) is 0 Å². The van der Waals surface area contributed by atoms with Crippen molar-refractivity contribution in [3.8, 4) is 17.2 Å². The van der Waals surface area contributed by atoms with Gasteiger partial charge in [-0.25, -0.2) is 0 Å². The van der Waals surface area contributed by atoms with E-state index in [0.29, 0.717) is 62.3 Å². The molecule has 31 heavy (non-hydrogen) atoms. The fourth-order valence-corrected chi connectivity index (χ4v) is 4.24. The molecule has 0 aliphatic carbocycles. The fourth-order valence-electron chi connectivity index (χ4n) is 4.24. The summed E-state index contributed by atoms with van der Waals surface area (Å²) in [5.41, 5.74) is 0.418. The highest BCUT2D eigenvalue weighted by Crippen LogP contribution is 2.41. The highest BCUT2D eigenvalue weighted by atomic mass is 16.7. The molecule has 0 spiro atoms. The molecule has 1 aromatic carbocycles. The number of nitrogens with one attached hydrogen (secondary N) is 1. The lowest BCUT2D eigenvalue weighted by molar-refractivity contribution is -0.0576. The van der Waals surface area contributed by atoms with Crippen LogP contribution in [0, 0.1) is 5.92 Å². The Hall–Kier alpha value is -2.07. The normalized spacial score (nSPS) is 24.6. The van der Waals surface area contributed by atoms with Crippen molar-refractivity contribution in [3.63, 3.8) is 0 Å². The van der Waals surface area contributed by atoms with Crippen molar-refractivity contribution in [1.82, 2.24) is 10.2 Å². The number of carbonyl (C=O) groups excluding carboxylic acids is 1. The van der Waals surface area contributed by atoms with Crippen molar-refractivity contribution in [1.29, 1.82) is 0 Å². The Morgan fingerprint density at radius 3 is 2.71 bits per heavy atom. The number of likely N-dealkylation sites (tertiary alicyclic amines) is 1. The number of amides is 1. The molecule has 3 heterocycles. The van der Waals surface area contributed by atoms with Crippen LogP contribution in [-0.2, 0) is 9.47 Å². The molecule has 3 aliphatic heterocycles. The summed E-state index contributed by atoms with van der Waals surface area (Å²) in [6.45, 7) is 5.00. The van der Waals surface area contributed by atoms with Gasteiger partial charge < -0.3 is 39.0 Å². The van der Waals surface area contributed by atoms with E-state index in [1.807, 2.05) is 0 Å². The Kier molecular flexibility index (Phi) is 7.49. The minimum Gasteiger partial charge on any atom is -0.493 e. The molecule has 0 radical (unpaired) electrons. The van der Waals surface area contributed by atoms with Gasteiger partial charge in [0.15, 0.2) is 17.8 Å². The maximum Gasteiger partial charge on any atom is 0.255 e. The van der Waals surface area contributed by atoms with E-state index in [-0.39, 0.29) is 18.1 Å². The van der Waals surface area contributed by atoms with Crippen molar-refractivity contribution in [2.24, 2.45) is 5.92 Å². The number of aliphatic hydroxyl groups excluding tert-OH is 1. The molecule has 2 saturated heterocycles. The standard InChI is InChI=1S/C22H32N2O7/c1-27-18-4-3-16(20-21(18)31-10-2-9-30-20)22(26)23-13-15-5-7-24(14-17(15)25)8-6-19-28-11-12-29-19/h3-4,15,17,19,25H,2,5-14H2,1H3,(H,23,26)/t15-,17?/m0/s1. The number of rotatable bonds is 7. The number of fused-ring (bicyclic) bond motifs is 1. The van der Waals surface area contributed by atoms with Crippen molar-refractivity contribution < 1.29 is 33.6 Å². The number of aliphatic hydroxyl groups is 1. The van der Waals surface area contributed by atoms with E-state index < -0.39 is 6.10 Å². The zero-order chi connectivity index (χ0) is 21.6. The molecule has 0 aromatic heterocycles. The third-order valence-electron chi connectivity index (χ3n) is 6.02. The number of hydrogen-bond acceptors (Lipinski definition) is 8. The molecule has 3 aliphatic rings. The molecule has 9 nitrogen and oxygen atoms in total. The molecule has 2 N–H and O–H groups in total. The lowest BCUT2D eigenvalue weighted by atomic mass is 9.93. The second-order valence-corrected chi connectivity index (χ2v) is 8.11. The first kappa shape index (κ1) is 22.1. The highest BCUT2D eigenvalue weighted by Gasteiger charge is 2.30. The van der Waals surface area contributed by atoms with Gasteiger partial charge in [0.1, 0.15) is 0 Å². The number of hydrogen-bond donors (Lipinski definition) is 2. The summed E-state index contributed by atoms with van der Waals surface area (Å²) < 4.78 is 27.8. The highest BCUT2D eigenvalue weighted by molar-refractivity contribution is 5.98. The first-order chi connectivity index (χ1) is 15.2. The zero-order valence-electron chi connectivity index (χ0n) is 18.0. The second kappa shape index (κ2) is 10.5. The minimum absolute atomic E-state index is 0.00759. The molecule has 1 aromatic rings. The number of piperidine rings is 1. The molecule has 2 atom stereocenters. The summed E-state index contributed by atoms with van der Waals surface area (Å²) in [6.07, 6.45) is 1.74. The predicted molar refractivity (Wildman–Crippen MR) is 112 cm³/mol. The lowest BCUT2D eigenvalue weighted by Gasteiger charge is -2.36. The van der Waals surface area contributed by atoms with Gasteiger partial charge in [-0.2, -0.15) is 0 Å². The smallest absolute Gasteiger partial charge is 0.255 e. The van der Waals surface area contributed by atoms with E-state index in [4.69, 9.17) is 23.7 Å². The lowest BCUT2D eigenvalue weighted by Crippen LogP contribution is -2.48. The van der Waals surface area contributed by atoms with E-state index in [9.17, 15) is 9.90 Å².